The molecule has 2 saturated heterocycles. The number of hydrogen-bond donors (Lipinski definition) is 2. The SMILES string of the molecule is CCCN1CCC(CN=C(NCC)NC2CCN(C(=O)CC)C2)C1.I. The van der Waals surface area contributed by atoms with Crippen LogP contribution in [0.2, 0.25) is 0 Å². The second-order valence-electron chi connectivity index (χ2n) is 7.00. The number of likely N-dealkylation sites (tertiary alicyclic amines) is 2. The first kappa shape index (κ1) is 22.5. The Kier molecular flexibility index (Phi) is 10.7. The fourth-order valence-corrected chi connectivity index (χ4v) is 3.64. The molecule has 0 aromatic carbocycles. The van der Waals surface area contributed by atoms with Crippen LogP contribution in [0.25, 0.3) is 0 Å². The maximum atomic E-state index is 11.8. The fraction of sp³-hybridized carbons (Fsp3) is 0.889. The maximum absolute atomic E-state index is 11.8. The Morgan fingerprint density at radius 2 is 1.96 bits per heavy atom. The number of nitrogens with one attached hydrogen (secondary N) is 2. The van der Waals surface area contributed by atoms with E-state index in [1.807, 2.05) is 11.8 Å². The van der Waals surface area contributed by atoms with Gasteiger partial charge in [0.25, 0.3) is 0 Å². The van der Waals surface area contributed by atoms with E-state index in [1.165, 1.54) is 32.5 Å². The standard InChI is InChI=1S/C18H35N5O.HI/c1-4-9-22-10-7-15(13-22)12-20-18(19-6-3)21-16-8-11-23(14-16)17(24)5-2;/h15-16H,4-14H2,1-3H3,(H2,19,20,21);1H. The van der Waals surface area contributed by atoms with Crippen molar-refractivity contribution in [3.05, 3.63) is 0 Å². The Morgan fingerprint density at radius 3 is 2.64 bits per heavy atom. The first-order chi connectivity index (χ1) is 11.7. The number of halogens is 1. The Morgan fingerprint density at radius 1 is 1.16 bits per heavy atom. The summed E-state index contributed by atoms with van der Waals surface area (Å²) in [4.78, 5) is 21.1. The van der Waals surface area contributed by atoms with Gasteiger partial charge in [0.1, 0.15) is 0 Å². The molecule has 2 rings (SSSR count). The van der Waals surface area contributed by atoms with Gasteiger partial charge in [-0.3, -0.25) is 9.79 Å². The normalized spacial score (nSPS) is 24.3. The molecule has 2 fully saturated rings. The molecule has 25 heavy (non-hydrogen) atoms. The van der Waals surface area contributed by atoms with Gasteiger partial charge in [0.15, 0.2) is 5.96 Å². The van der Waals surface area contributed by atoms with Crippen molar-refractivity contribution in [3.8, 4) is 0 Å². The summed E-state index contributed by atoms with van der Waals surface area (Å²) in [6, 6.07) is 0.318. The highest BCUT2D eigenvalue weighted by atomic mass is 127. The van der Waals surface area contributed by atoms with E-state index in [0.717, 1.165) is 38.6 Å². The molecule has 0 spiro atoms. The number of amides is 1. The monoisotopic (exact) mass is 465 g/mol. The van der Waals surface area contributed by atoms with Crippen LogP contribution >= 0.6 is 24.0 Å². The minimum absolute atomic E-state index is 0. The predicted octanol–water partition coefficient (Wildman–Crippen LogP) is 1.90. The summed E-state index contributed by atoms with van der Waals surface area (Å²) in [6.45, 7) is 13.3. The van der Waals surface area contributed by atoms with E-state index in [2.05, 4.69) is 29.4 Å². The van der Waals surface area contributed by atoms with Gasteiger partial charge in [0, 0.05) is 45.2 Å². The van der Waals surface area contributed by atoms with Crippen molar-refractivity contribution in [2.75, 3.05) is 45.8 Å². The first-order valence-corrected chi connectivity index (χ1v) is 9.71. The highest BCUT2D eigenvalue weighted by molar-refractivity contribution is 14.0. The van der Waals surface area contributed by atoms with E-state index in [0.29, 0.717) is 18.4 Å². The summed E-state index contributed by atoms with van der Waals surface area (Å²) >= 11 is 0. The molecule has 0 radical (unpaired) electrons. The molecule has 0 aromatic heterocycles. The predicted molar refractivity (Wildman–Crippen MR) is 115 cm³/mol. The summed E-state index contributed by atoms with van der Waals surface area (Å²) in [5.74, 6) is 1.83. The highest BCUT2D eigenvalue weighted by Crippen LogP contribution is 2.16. The van der Waals surface area contributed by atoms with Crippen molar-refractivity contribution < 1.29 is 4.79 Å². The van der Waals surface area contributed by atoms with E-state index >= 15 is 0 Å². The molecule has 2 unspecified atom stereocenters. The molecular weight excluding hydrogens is 429 g/mol. The molecule has 2 aliphatic rings. The van der Waals surface area contributed by atoms with Crippen molar-refractivity contribution in [2.24, 2.45) is 10.9 Å². The Balaban J connectivity index is 0.00000312. The third kappa shape index (κ3) is 7.29. The molecule has 0 aromatic rings. The Hall–Kier alpha value is -0.570. The van der Waals surface area contributed by atoms with Crippen molar-refractivity contribution in [1.29, 1.82) is 0 Å². The zero-order chi connectivity index (χ0) is 17.4. The van der Waals surface area contributed by atoms with E-state index in [-0.39, 0.29) is 29.9 Å². The van der Waals surface area contributed by atoms with Gasteiger partial charge >= 0.3 is 0 Å². The molecule has 7 heteroatoms. The summed E-state index contributed by atoms with van der Waals surface area (Å²) in [5.41, 5.74) is 0. The van der Waals surface area contributed by atoms with Gasteiger partial charge in [0.2, 0.25) is 5.91 Å². The molecule has 1 amide bonds. The number of carbonyl (C=O) groups is 1. The zero-order valence-electron chi connectivity index (χ0n) is 16.1. The molecule has 0 aliphatic carbocycles. The van der Waals surface area contributed by atoms with Gasteiger partial charge in [-0.25, -0.2) is 0 Å². The lowest BCUT2D eigenvalue weighted by molar-refractivity contribution is -0.129. The lowest BCUT2D eigenvalue weighted by atomic mass is 10.1. The number of hydrogen-bond acceptors (Lipinski definition) is 3. The molecule has 0 bridgehead atoms. The van der Waals surface area contributed by atoms with Crippen LogP contribution in [0.3, 0.4) is 0 Å². The molecule has 2 aliphatic heterocycles. The molecule has 0 saturated carbocycles. The zero-order valence-corrected chi connectivity index (χ0v) is 18.4. The molecule has 2 N–H and O–H groups in total. The van der Waals surface area contributed by atoms with E-state index < -0.39 is 0 Å². The van der Waals surface area contributed by atoms with E-state index in [9.17, 15) is 4.79 Å². The summed E-state index contributed by atoms with van der Waals surface area (Å²) < 4.78 is 0. The van der Waals surface area contributed by atoms with Gasteiger partial charge in [-0.1, -0.05) is 13.8 Å². The quantitative estimate of drug-likeness (QED) is 0.343. The number of carbonyl (C=O) groups excluding carboxylic acids is 1. The second-order valence-corrected chi connectivity index (χ2v) is 7.00. The average molecular weight is 465 g/mol. The van der Waals surface area contributed by atoms with Crippen molar-refractivity contribution in [1.82, 2.24) is 20.4 Å². The van der Waals surface area contributed by atoms with Gasteiger partial charge in [0.05, 0.1) is 0 Å². The van der Waals surface area contributed by atoms with Crippen molar-refractivity contribution >= 4 is 35.8 Å². The minimum Gasteiger partial charge on any atom is -0.357 e. The molecule has 2 atom stereocenters. The van der Waals surface area contributed by atoms with Crippen LogP contribution in [0.1, 0.15) is 46.5 Å². The third-order valence-corrected chi connectivity index (χ3v) is 4.95. The largest absolute Gasteiger partial charge is 0.357 e. The lowest BCUT2D eigenvalue weighted by Crippen LogP contribution is -2.45. The molecule has 6 nitrogen and oxygen atoms in total. The Bertz CT molecular complexity index is 432. The van der Waals surface area contributed by atoms with Crippen LogP contribution in [0.4, 0.5) is 0 Å². The van der Waals surface area contributed by atoms with E-state index in [1.54, 1.807) is 0 Å². The maximum Gasteiger partial charge on any atom is 0.222 e. The smallest absolute Gasteiger partial charge is 0.222 e. The first-order valence-electron chi connectivity index (χ1n) is 9.71. The van der Waals surface area contributed by atoms with Crippen LogP contribution in [-0.2, 0) is 4.79 Å². The molecule has 146 valence electrons. The number of aliphatic imine (C=N–C) groups is 1. The summed E-state index contributed by atoms with van der Waals surface area (Å²) in [6.07, 6.45) is 4.08. The third-order valence-electron chi connectivity index (χ3n) is 4.95. The highest BCUT2D eigenvalue weighted by Gasteiger charge is 2.26. The Labute approximate surface area is 170 Å². The summed E-state index contributed by atoms with van der Waals surface area (Å²) in [7, 11) is 0. The van der Waals surface area contributed by atoms with Crippen LogP contribution in [0.15, 0.2) is 4.99 Å². The number of guanidine groups is 1. The van der Waals surface area contributed by atoms with Crippen molar-refractivity contribution in [2.45, 2.75) is 52.5 Å². The second kappa shape index (κ2) is 11.9. The van der Waals surface area contributed by atoms with E-state index in [4.69, 9.17) is 4.99 Å². The van der Waals surface area contributed by atoms with Crippen LogP contribution in [0.5, 0.6) is 0 Å². The summed E-state index contributed by atoms with van der Waals surface area (Å²) in [5, 5.41) is 6.87. The van der Waals surface area contributed by atoms with Crippen LogP contribution in [0, 0.1) is 5.92 Å². The topological polar surface area (TPSA) is 60.0 Å². The molecular formula is C18H36IN5O. The number of rotatable bonds is 7. The minimum atomic E-state index is 0. The van der Waals surface area contributed by atoms with Gasteiger partial charge in [-0.05, 0) is 45.2 Å². The number of nitrogens with zero attached hydrogens (tertiary/aromatic N) is 3. The molecule has 2 heterocycles. The average Bonchev–Trinajstić information content (AvgIpc) is 3.22. The fourth-order valence-electron chi connectivity index (χ4n) is 3.64. The lowest BCUT2D eigenvalue weighted by Gasteiger charge is -2.19. The van der Waals surface area contributed by atoms with Crippen LogP contribution < -0.4 is 10.6 Å². The van der Waals surface area contributed by atoms with Gasteiger partial charge in [-0.2, -0.15) is 0 Å². The van der Waals surface area contributed by atoms with Crippen molar-refractivity contribution in [3.63, 3.8) is 0 Å². The van der Waals surface area contributed by atoms with Crippen LogP contribution in [-0.4, -0.2) is 73.5 Å². The van der Waals surface area contributed by atoms with Gasteiger partial charge < -0.3 is 20.4 Å². The van der Waals surface area contributed by atoms with Gasteiger partial charge in [-0.15, -0.1) is 24.0 Å².